The van der Waals surface area contributed by atoms with E-state index >= 15 is 0 Å². The smallest absolute Gasteiger partial charge is 0.255 e. The summed E-state index contributed by atoms with van der Waals surface area (Å²) in [6, 6.07) is 16.0. The van der Waals surface area contributed by atoms with E-state index in [1.165, 1.54) is 12.5 Å². The second-order valence-electron chi connectivity index (χ2n) is 7.07. The first-order valence-electron chi connectivity index (χ1n) is 9.85. The van der Waals surface area contributed by atoms with E-state index in [4.69, 9.17) is 0 Å². The number of nitrogens with one attached hydrogen (secondary N) is 2. The van der Waals surface area contributed by atoms with Gasteiger partial charge in [-0.05, 0) is 61.8 Å². The van der Waals surface area contributed by atoms with Crippen LogP contribution in [0.5, 0.6) is 0 Å². The molecule has 0 aromatic heterocycles. The highest BCUT2D eigenvalue weighted by Crippen LogP contribution is 2.16. The van der Waals surface area contributed by atoms with Crippen molar-refractivity contribution in [2.75, 3.05) is 24.4 Å². The molecule has 1 saturated heterocycles. The van der Waals surface area contributed by atoms with Crippen LogP contribution in [-0.2, 0) is 10.0 Å². The highest BCUT2D eigenvalue weighted by molar-refractivity contribution is 7.95. The fourth-order valence-electron chi connectivity index (χ4n) is 3.48. The van der Waals surface area contributed by atoms with Gasteiger partial charge in [-0.15, -0.1) is 0 Å². The predicted molar refractivity (Wildman–Crippen MR) is 117 cm³/mol. The van der Waals surface area contributed by atoms with Crippen molar-refractivity contribution < 1.29 is 13.2 Å². The minimum Gasteiger partial charge on any atom is -0.350 e. The number of sulfonamides is 1. The number of benzene rings is 2. The molecule has 3 rings (SSSR count). The van der Waals surface area contributed by atoms with Crippen LogP contribution in [0, 0.1) is 0 Å². The zero-order valence-corrected chi connectivity index (χ0v) is 17.4. The maximum absolute atomic E-state index is 12.4. The third-order valence-corrected chi connectivity index (χ3v) is 6.06. The highest BCUT2D eigenvalue weighted by Gasteiger charge is 2.23. The molecule has 1 fully saturated rings. The highest BCUT2D eigenvalue weighted by atomic mass is 32.2. The molecule has 2 aromatic rings. The van der Waals surface area contributed by atoms with E-state index in [1.807, 2.05) is 30.3 Å². The maximum Gasteiger partial charge on any atom is 0.255 e. The summed E-state index contributed by atoms with van der Waals surface area (Å²) in [5, 5.41) is 4.11. The molecule has 0 unspecified atom stereocenters. The van der Waals surface area contributed by atoms with Crippen LogP contribution in [0.15, 0.2) is 60.0 Å². The first-order valence-corrected chi connectivity index (χ1v) is 11.4. The van der Waals surface area contributed by atoms with Crippen molar-refractivity contribution in [2.45, 2.75) is 25.8 Å². The molecule has 154 valence electrons. The number of nitrogens with zero attached hydrogens (tertiary/aromatic N) is 1. The Labute approximate surface area is 172 Å². The average Bonchev–Trinajstić information content (AvgIpc) is 3.19. The summed E-state index contributed by atoms with van der Waals surface area (Å²) in [6.45, 7) is 4.85. The molecule has 1 heterocycles. The van der Waals surface area contributed by atoms with E-state index in [2.05, 4.69) is 21.9 Å². The minimum absolute atomic E-state index is 0.147. The molecule has 0 saturated carbocycles. The third kappa shape index (κ3) is 6.17. The van der Waals surface area contributed by atoms with Crippen molar-refractivity contribution in [1.82, 2.24) is 10.2 Å². The van der Waals surface area contributed by atoms with Crippen LogP contribution >= 0.6 is 0 Å². The van der Waals surface area contributed by atoms with Gasteiger partial charge in [0, 0.05) is 23.8 Å². The molecule has 2 N–H and O–H groups in total. The SMILES string of the molecule is CCN1CCC[C@@H]1CNC(=O)c1ccc(NS(=O)(=O)/C=C/c2ccccc2)cc1. The standard InChI is InChI=1S/C22H27N3O3S/c1-2-25-15-6-9-21(25)17-23-22(26)19-10-12-20(13-11-19)24-29(27,28)16-14-18-7-4-3-5-8-18/h3-5,7-8,10-14,16,21,24H,2,6,9,15,17H2,1H3,(H,23,26)/b16-14+/t21-/m1/s1. The minimum atomic E-state index is -3.63. The van der Waals surface area contributed by atoms with Gasteiger partial charge in [0.05, 0.1) is 5.41 Å². The van der Waals surface area contributed by atoms with Crippen LogP contribution in [0.25, 0.3) is 6.08 Å². The molecule has 0 spiro atoms. The molecule has 2 aromatic carbocycles. The monoisotopic (exact) mass is 413 g/mol. The molecule has 7 heteroatoms. The van der Waals surface area contributed by atoms with Gasteiger partial charge in [-0.1, -0.05) is 37.3 Å². The van der Waals surface area contributed by atoms with E-state index < -0.39 is 10.0 Å². The second kappa shape index (κ2) is 9.71. The van der Waals surface area contributed by atoms with Crippen LogP contribution in [0.3, 0.4) is 0 Å². The normalized spacial score (nSPS) is 17.5. The number of rotatable bonds is 8. The van der Waals surface area contributed by atoms with Gasteiger partial charge in [0.15, 0.2) is 0 Å². The topological polar surface area (TPSA) is 78.5 Å². The lowest BCUT2D eigenvalue weighted by Gasteiger charge is -2.22. The number of carbonyl (C=O) groups is 1. The summed E-state index contributed by atoms with van der Waals surface area (Å²) >= 11 is 0. The van der Waals surface area contributed by atoms with Crippen molar-refractivity contribution in [3.63, 3.8) is 0 Å². The number of amides is 1. The van der Waals surface area contributed by atoms with Gasteiger partial charge in [0.2, 0.25) is 0 Å². The lowest BCUT2D eigenvalue weighted by molar-refractivity contribution is 0.0941. The number of anilines is 1. The van der Waals surface area contributed by atoms with Crippen LogP contribution in [-0.4, -0.2) is 44.9 Å². The van der Waals surface area contributed by atoms with Gasteiger partial charge in [-0.3, -0.25) is 14.4 Å². The summed E-state index contributed by atoms with van der Waals surface area (Å²) in [7, 11) is -3.63. The van der Waals surface area contributed by atoms with Crippen LogP contribution in [0.1, 0.15) is 35.7 Å². The van der Waals surface area contributed by atoms with E-state index in [0.29, 0.717) is 23.8 Å². The van der Waals surface area contributed by atoms with Crippen molar-refractivity contribution >= 4 is 27.7 Å². The van der Waals surface area contributed by atoms with Gasteiger partial charge in [0.1, 0.15) is 0 Å². The summed E-state index contributed by atoms with van der Waals surface area (Å²) in [5.74, 6) is -0.147. The fraction of sp³-hybridized carbons (Fsp3) is 0.318. The summed E-state index contributed by atoms with van der Waals surface area (Å²) in [5.41, 5.74) is 1.72. The molecule has 1 amide bonds. The lowest BCUT2D eigenvalue weighted by Crippen LogP contribution is -2.40. The Bertz CT molecular complexity index is 941. The van der Waals surface area contributed by atoms with E-state index in [1.54, 1.807) is 24.3 Å². The molecule has 29 heavy (non-hydrogen) atoms. The van der Waals surface area contributed by atoms with Crippen LogP contribution < -0.4 is 10.0 Å². The maximum atomic E-state index is 12.4. The average molecular weight is 414 g/mol. The molecule has 6 nitrogen and oxygen atoms in total. The third-order valence-electron chi connectivity index (χ3n) is 5.05. The first-order chi connectivity index (χ1) is 14.0. The number of carbonyl (C=O) groups excluding carboxylic acids is 1. The number of hydrogen-bond acceptors (Lipinski definition) is 4. The number of hydrogen-bond donors (Lipinski definition) is 2. The lowest BCUT2D eigenvalue weighted by atomic mass is 10.1. The van der Waals surface area contributed by atoms with Gasteiger partial charge >= 0.3 is 0 Å². The molecule has 0 aliphatic carbocycles. The molecular formula is C22H27N3O3S. The van der Waals surface area contributed by atoms with E-state index in [0.717, 1.165) is 30.5 Å². The summed E-state index contributed by atoms with van der Waals surface area (Å²) in [4.78, 5) is 14.7. The van der Waals surface area contributed by atoms with Crippen LogP contribution in [0.2, 0.25) is 0 Å². The van der Waals surface area contributed by atoms with E-state index in [-0.39, 0.29) is 5.91 Å². The summed E-state index contributed by atoms with van der Waals surface area (Å²) < 4.78 is 26.9. The van der Waals surface area contributed by atoms with Gasteiger partial charge in [-0.2, -0.15) is 0 Å². The Morgan fingerprint density at radius 3 is 2.55 bits per heavy atom. The van der Waals surface area contributed by atoms with Crippen molar-refractivity contribution in [1.29, 1.82) is 0 Å². The quantitative estimate of drug-likeness (QED) is 0.696. The molecular weight excluding hydrogens is 386 g/mol. The molecule has 1 atom stereocenters. The van der Waals surface area contributed by atoms with Crippen LogP contribution in [0.4, 0.5) is 5.69 Å². The second-order valence-corrected chi connectivity index (χ2v) is 8.64. The van der Waals surface area contributed by atoms with Gasteiger partial charge < -0.3 is 5.32 Å². The molecule has 0 bridgehead atoms. The zero-order valence-electron chi connectivity index (χ0n) is 16.5. The number of likely N-dealkylation sites (N-methyl/N-ethyl adjacent to an activating group) is 1. The van der Waals surface area contributed by atoms with Gasteiger partial charge in [0.25, 0.3) is 15.9 Å². The Hall–Kier alpha value is -2.64. The fourth-order valence-corrected chi connectivity index (χ4v) is 4.34. The zero-order chi connectivity index (χ0) is 20.7. The first kappa shape index (κ1) is 21.1. The Morgan fingerprint density at radius 1 is 1.14 bits per heavy atom. The van der Waals surface area contributed by atoms with Gasteiger partial charge in [-0.25, -0.2) is 8.42 Å². The van der Waals surface area contributed by atoms with E-state index in [9.17, 15) is 13.2 Å². The molecule has 1 aliphatic heterocycles. The predicted octanol–water partition coefficient (Wildman–Crippen LogP) is 3.31. The molecule has 0 radical (unpaired) electrons. The Morgan fingerprint density at radius 2 is 1.86 bits per heavy atom. The van der Waals surface area contributed by atoms with Crippen molar-refractivity contribution in [3.8, 4) is 0 Å². The van der Waals surface area contributed by atoms with Crippen molar-refractivity contribution in [2.24, 2.45) is 0 Å². The Kier molecular flexibility index (Phi) is 7.06. The molecule has 1 aliphatic rings. The Balaban J connectivity index is 1.55. The van der Waals surface area contributed by atoms with Crippen molar-refractivity contribution in [3.05, 3.63) is 71.1 Å². The largest absolute Gasteiger partial charge is 0.350 e. The summed E-state index contributed by atoms with van der Waals surface area (Å²) in [6.07, 6.45) is 3.81. The number of likely N-dealkylation sites (tertiary alicyclic amines) is 1.